The Morgan fingerprint density at radius 3 is 2.53 bits per heavy atom. The molecule has 4 nitrogen and oxygen atoms in total. The summed E-state index contributed by atoms with van der Waals surface area (Å²) >= 11 is 5.56. The Kier molecular flexibility index (Phi) is 3.63. The predicted octanol–water partition coefficient (Wildman–Crippen LogP) is 1.91. The fourth-order valence-electron chi connectivity index (χ4n) is 0.866. The molecule has 0 spiro atoms. The van der Waals surface area contributed by atoms with Gasteiger partial charge in [-0.2, -0.15) is 0 Å². The minimum atomic E-state index is -0.228. The van der Waals surface area contributed by atoms with E-state index in [9.17, 15) is 4.79 Å². The third-order valence-electron chi connectivity index (χ3n) is 1.63. The monoisotopic (exact) mass is 227 g/mol. The van der Waals surface area contributed by atoms with Crippen molar-refractivity contribution < 1.29 is 4.79 Å². The fourth-order valence-corrected chi connectivity index (χ4v) is 0.963. The van der Waals surface area contributed by atoms with E-state index in [4.69, 9.17) is 11.6 Å². The van der Waals surface area contributed by atoms with Crippen LogP contribution < -0.4 is 5.32 Å². The second-order valence-corrected chi connectivity index (χ2v) is 4.85. The molecule has 1 aromatic rings. The second-order valence-electron chi connectivity index (χ2n) is 4.47. The summed E-state index contributed by atoms with van der Waals surface area (Å²) in [6.45, 7) is 6.72. The Morgan fingerprint density at radius 2 is 2.07 bits per heavy atom. The summed E-state index contributed by atoms with van der Waals surface area (Å²) in [7, 11) is 0. The standard InChI is InChI=1S/C10H14ClN3O/c1-10(2,3)6-14-9(15)7-4-13-8(11)5-12-7/h4-5H,6H2,1-3H3,(H,14,15). The summed E-state index contributed by atoms with van der Waals surface area (Å²) in [6.07, 6.45) is 2.72. The van der Waals surface area contributed by atoms with Crippen molar-refractivity contribution in [1.29, 1.82) is 0 Å². The summed E-state index contributed by atoms with van der Waals surface area (Å²) in [6, 6.07) is 0. The van der Waals surface area contributed by atoms with Gasteiger partial charge in [-0.3, -0.25) is 4.79 Å². The number of nitrogens with one attached hydrogen (secondary N) is 1. The zero-order valence-electron chi connectivity index (χ0n) is 9.04. The fraction of sp³-hybridized carbons (Fsp3) is 0.500. The molecule has 0 atom stereocenters. The molecule has 0 aliphatic rings. The molecule has 0 saturated heterocycles. The van der Waals surface area contributed by atoms with Gasteiger partial charge in [-0.25, -0.2) is 9.97 Å². The number of aromatic nitrogens is 2. The average molecular weight is 228 g/mol. The normalized spacial score (nSPS) is 11.2. The van der Waals surface area contributed by atoms with Crippen LogP contribution >= 0.6 is 11.6 Å². The van der Waals surface area contributed by atoms with Crippen molar-refractivity contribution >= 4 is 17.5 Å². The van der Waals surface area contributed by atoms with Gasteiger partial charge in [-0.1, -0.05) is 32.4 Å². The molecule has 1 N–H and O–H groups in total. The van der Waals surface area contributed by atoms with Crippen LogP contribution in [0.15, 0.2) is 12.4 Å². The molecule has 1 rings (SSSR count). The molecule has 82 valence electrons. The highest BCUT2D eigenvalue weighted by Gasteiger charge is 2.13. The van der Waals surface area contributed by atoms with Crippen molar-refractivity contribution in [2.45, 2.75) is 20.8 Å². The molecule has 5 heteroatoms. The highest BCUT2D eigenvalue weighted by molar-refractivity contribution is 6.29. The zero-order valence-corrected chi connectivity index (χ0v) is 9.80. The summed E-state index contributed by atoms with van der Waals surface area (Å²) in [5.41, 5.74) is 0.332. The summed E-state index contributed by atoms with van der Waals surface area (Å²) in [4.78, 5) is 19.2. The Bertz CT molecular complexity index is 343. The van der Waals surface area contributed by atoms with Crippen molar-refractivity contribution in [3.63, 3.8) is 0 Å². The van der Waals surface area contributed by atoms with Crippen molar-refractivity contribution in [3.8, 4) is 0 Å². The van der Waals surface area contributed by atoms with Gasteiger partial charge in [0.2, 0.25) is 0 Å². The molecule has 1 amide bonds. The first-order valence-electron chi connectivity index (χ1n) is 4.64. The first-order valence-corrected chi connectivity index (χ1v) is 5.02. The number of hydrogen-bond acceptors (Lipinski definition) is 3. The lowest BCUT2D eigenvalue weighted by Gasteiger charge is -2.18. The van der Waals surface area contributed by atoms with Crippen LogP contribution in [-0.2, 0) is 0 Å². The summed E-state index contributed by atoms with van der Waals surface area (Å²) in [5, 5.41) is 3.05. The van der Waals surface area contributed by atoms with Crippen LogP contribution in [0.25, 0.3) is 0 Å². The molecule has 1 aromatic heterocycles. The SMILES string of the molecule is CC(C)(C)CNC(=O)c1cnc(Cl)cn1. The molecule has 15 heavy (non-hydrogen) atoms. The van der Waals surface area contributed by atoms with Crippen LogP contribution in [0.5, 0.6) is 0 Å². The van der Waals surface area contributed by atoms with Crippen LogP contribution in [0.2, 0.25) is 5.15 Å². The molecule has 1 heterocycles. The molecule has 0 radical (unpaired) electrons. The van der Waals surface area contributed by atoms with Crippen molar-refractivity contribution in [3.05, 3.63) is 23.2 Å². The van der Waals surface area contributed by atoms with E-state index in [0.717, 1.165) is 0 Å². The van der Waals surface area contributed by atoms with Gasteiger partial charge in [-0.15, -0.1) is 0 Å². The van der Waals surface area contributed by atoms with Crippen LogP contribution in [0.3, 0.4) is 0 Å². The second kappa shape index (κ2) is 4.57. The molecular formula is C10H14ClN3O. The molecule has 0 bridgehead atoms. The van der Waals surface area contributed by atoms with Gasteiger partial charge in [0.15, 0.2) is 0 Å². The number of nitrogens with zero attached hydrogens (tertiary/aromatic N) is 2. The van der Waals surface area contributed by atoms with Crippen molar-refractivity contribution in [2.24, 2.45) is 5.41 Å². The lowest BCUT2D eigenvalue weighted by Crippen LogP contribution is -2.32. The smallest absolute Gasteiger partial charge is 0.271 e. The number of amides is 1. The van der Waals surface area contributed by atoms with E-state index < -0.39 is 0 Å². The van der Waals surface area contributed by atoms with Gasteiger partial charge in [0.25, 0.3) is 5.91 Å². The van der Waals surface area contributed by atoms with E-state index in [0.29, 0.717) is 6.54 Å². The molecule has 0 aliphatic carbocycles. The number of halogens is 1. The van der Waals surface area contributed by atoms with Crippen LogP contribution in [0, 0.1) is 5.41 Å². The van der Waals surface area contributed by atoms with Gasteiger partial charge in [0, 0.05) is 6.54 Å². The molecule has 0 aliphatic heterocycles. The van der Waals surface area contributed by atoms with Gasteiger partial charge in [0.1, 0.15) is 10.8 Å². The minimum Gasteiger partial charge on any atom is -0.350 e. The molecule has 0 fully saturated rings. The zero-order chi connectivity index (χ0) is 11.5. The summed E-state index contributed by atoms with van der Waals surface area (Å²) < 4.78 is 0. The number of hydrogen-bond donors (Lipinski definition) is 1. The highest BCUT2D eigenvalue weighted by Crippen LogP contribution is 2.10. The lowest BCUT2D eigenvalue weighted by atomic mass is 9.97. The van der Waals surface area contributed by atoms with Gasteiger partial charge >= 0.3 is 0 Å². The number of rotatable bonds is 2. The molecule has 0 aromatic carbocycles. The van der Waals surface area contributed by atoms with E-state index in [1.54, 1.807) is 0 Å². The van der Waals surface area contributed by atoms with Gasteiger partial charge in [0.05, 0.1) is 12.4 Å². The first-order chi connectivity index (χ1) is 6.88. The quantitative estimate of drug-likeness (QED) is 0.840. The Labute approximate surface area is 94.1 Å². The largest absolute Gasteiger partial charge is 0.350 e. The van der Waals surface area contributed by atoms with E-state index in [1.165, 1.54) is 12.4 Å². The van der Waals surface area contributed by atoms with Crippen LogP contribution in [-0.4, -0.2) is 22.4 Å². The highest BCUT2D eigenvalue weighted by atomic mass is 35.5. The van der Waals surface area contributed by atoms with Crippen LogP contribution in [0.1, 0.15) is 31.3 Å². The van der Waals surface area contributed by atoms with Crippen molar-refractivity contribution in [2.75, 3.05) is 6.54 Å². The minimum absolute atomic E-state index is 0.0511. The third-order valence-corrected chi connectivity index (χ3v) is 1.83. The Morgan fingerprint density at radius 1 is 1.40 bits per heavy atom. The maximum atomic E-state index is 11.5. The van der Waals surface area contributed by atoms with Gasteiger partial charge < -0.3 is 5.32 Å². The number of carbonyl (C=O) groups is 1. The van der Waals surface area contributed by atoms with Crippen molar-refractivity contribution in [1.82, 2.24) is 15.3 Å². The lowest BCUT2D eigenvalue weighted by molar-refractivity contribution is 0.0934. The third kappa shape index (κ3) is 4.25. The topological polar surface area (TPSA) is 54.9 Å². The Balaban J connectivity index is 2.58. The first kappa shape index (κ1) is 11.9. The van der Waals surface area contributed by atoms with E-state index >= 15 is 0 Å². The number of carbonyl (C=O) groups excluding carboxylic acids is 1. The maximum Gasteiger partial charge on any atom is 0.271 e. The van der Waals surface area contributed by atoms with Gasteiger partial charge in [-0.05, 0) is 5.41 Å². The summed E-state index contributed by atoms with van der Waals surface area (Å²) in [5.74, 6) is -0.228. The van der Waals surface area contributed by atoms with E-state index in [2.05, 4.69) is 15.3 Å². The average Bonchev–Trinajstić information content (AvgIpc) is 2.14. The maximum absolute atomic E-state index is 11.5. The van der Waals surface area contributed by atoms with Crippen LogP contribution in [0.4, 0.5) is 0 Å². The molecule has 0 unspecified atom stereocenters. The molecular weight excluding hydrogens is 214 g/mol. The predicted molar refractivity (Wildman–Crippen MR) is 58.8 cm³/mol. The Hall–Kier alpha value is -1.16. The van der Waals surface area contributed by atoms with E-state index in [-0.39, 0.29) is 22.2 Å². The van der Waals surface area contributed by atoms with E-state index in [1.807, 2.05) is 20.8 Å². The molecule has 0 saturated carbocycles.